The zero-order chi connectivity index (χ0) is 12.6. The van der Waals surface area contributed by atoms with Crippen molar-refractivity contribution in [3.8, 4) is 0 Å². The summed E-state index contributed by atoms with van der Waals surface area (Å²) in [5, 5.41) is 0. The highest BCUT2D eigenvalue weighted by molar-refractivity contribution is 5.82. The monoisotopic (exact) mass is 235 g/mol. The van der Waals surface area contributed by atoms with Crippen LogP contribution in [0, 0.1) is 12.3 Å². The van der Waals surface area contributed by atoms with Crippen molar-refractivity contribution >= 4 is 17.5 Å². The predicted molar refractivity (Wildman–Crippen MR) is 65.3 cm³/mol. The van der Waals surface area contributed by atoms with E-state index in [1.165, 1.54) is 6.33 Å². The summed E-state index contributed by atoms with van der Waals surface area (Å²) in [5.74, 6) is 1.00. The average Bonchev–Trinajstić information content (AvgIpc) is 2.66. The maximum atomic E-state index is 11.4. The van der Waals surface area contributed by atoms with Crippen molar-refractivity contribution < 1.29 is 4.79 Å². The van der Waals surface area contributed by atoms with E-state index in [-0.39, 0.29) is 5.91 Å². The maximum Gasteiger partial charge on any atom is 0.225 e. The first-order valence-electron chi connectivity index (χ1n) is 5.56. The lowest BCUT2D eigenvalue weighted by Crippen LogP contribution is -2.37. The second kappa shape index (κ2) is 3.87. The topological polar surface area (TPSA) is 98.1 Å². The molecule has 1 aliphatic heterocycles. The molecular formula is C11H17N5O. The van der Waals surface area contributed by atoms with E-state index >= 15 is 0 Å². The van der Waals surface area contributed by atoms with E-state index in [4.69, 9.17) is 11.5 Å². The van der Waals surface area contributed by atoms with Gasteiger partial charge in [0.25, 0.3) is 0 Å². The quantitative estimate of drug-likeness (QED) is 0.755. The van der Waals surface area contributed by atoms with Gasteiger partial charge in [-0.05, 0) is 20.3 Å². The Labute approximate surface area is 100 Å². The molecule has 1 aromatic heterocycles. The van der Waals surface area contributed by atoms with Crippen molar-refractivity contribution in [2.75, 3.05) is 23.7 Å². The van der Waals surface area contributed by atoms with Gasteiger partial charge in [-0.1, -0.05) is 0 Å². The number of primary amides is 1. The third-order valence-corrected chi connectivity index (χ3v) is 3.46. The predicted octanol–water partition coefficient (Wildman–Crippen LogP) is 0.0689. The lowest BCUT2D eigenvalue weighted by molar-refractivity contribution is -0.125. The second-order valence-electron chi connectivity index (χ2n) is 4.80. The molecule has 1 unspecified atom stereocenters. The van der Waals surface area contributed by atoms with Crippen LogP contribution in [0.25, 0.3) is 0 Å². The molecule has 1 saturated heterocycles. The number of amides is 1. The van der Waals surface area contributed by atoms with E-state index in [1.807, 2.05) is 18.7 Å². The number of anilines is 2. The second-order valence-corrected chi connectivity index (χ2v) is 4.80. The molecule has 0 radical (unpaired) electrons. The Balaban J connectivity index is 2.27. The highest BCUT2D eigenvalue weighted by Crippen LogP contribution is 2.33. The van der Waals surface area contributed by atoms with Crippen LogP contribution in [0.2, 0.25) is 0 Å². The molecule has 0 aromatic carbocycles. The molecule has 17 heavy (non-hydrogen) atoms. The lowest BCUT2D eigenvalue weighted by atomic mass is 9.89. The molecule has 0 aliphatic carbocycles. The van der Waals surface area contributed by atoms with Crippen LogP contribution in [0.1, 0.15) is 18.9 Å². The summed E-state index contributed by atoms with van der Waals surface area (Å²) in [4.78, 5) is 21.6. The molecular weight excluding hydrogens is 218 g/mol. The smallest absolute Gasteiger partial charge is 0.225 e. The van der Waals surface area contributed by atoms with Crippen LogP contribution >= 0.6 is 0 Å². The Kier molecular flexibility index (Phi) is 2.65. The number of carbonyl (C=O) groups is 1. The van der Waals surface area contributed by atoms with Gasteiger partial charge in [0.15, 0.2) is 0 Å². The van der Waals surface area contributed by atoms with Crippen LogP contribution in [0.5, 0.6) is 0 Å². The van der Waals surface area contributed by atoms with Gasteiger partial charge < -0.3 is 16.4 Å². The molecule has 6 heteroatoms. The lowest BCUT2D eigenvalue weighted by Gasteiger charge is -2.23. The third kappa shape index (κ3) is 1.90. The molecule has 2 rings (SSSR count). The number of nitrogen functional groups attached to an aromatic ring is 1. The van der Waals surface area contributed by atoms with E-state index in [2.05, 4.69) is 9.97 Å². The summed E-state index contributed by atoms with van der Waals surface area (Å²) in [5.41, 5.74) is 11.5. The van der Waals surface area contributed by atoms with Crippen molar-refractivity contribution in [3.63, 3.8) is 0 Å². The number of rotatable bonds is 2. The SMILES string of the molecule is Cc1c(N)ncnc1N1CCC(C)(C(N)=O)C1. The van der Waals surface area contributed by atoms with Crippen LogP contribution in [-0.2, 0) is 4.79 Å². The van der Waals surface area contributed by atoms with Gasteiger partial charge in [-0.2, -0.15) is 0 Å². The Bertz CT molecular complexity index is 461. The maximum absolute atomic E-state index is 11.4. The molecule has 0 saturated carbocycles. The molecule has 1 aromatic rings. The Morgan fingerprint density at radius 2 is 2.24 bits per heavy atom. The highest BCUT2D eigenvalue weighted by Gasteiger charge is 2.39. The molecule has 4 N–H and O–H groups in total. The van der Waals surface area contributed by atoms with Crippen molar-refractivity contribution in [1.82, 2.24) is 9.97 Å². The Morgan fingerprint density at radius 1 is 1.53 bits per heavy atom. The number of nitrogens with zero attached hydrogens (tertiary/aromatic N) is 3. The van der Waals surface area contributed by atoms with E-state index in [0.29, 0.717) is 12.4 Å². The number of nitrogens with two attached hydrogens (primary N) is 2. The zero-order valence-electron chi connectivity index (χ0n) is 10.1. The number of aromatic nitrogens is 2. The first kappa shape index (κ1) is 11.6. The van der Waals surface area contributed by atoms with E-state index in [0.717, 1.165) is 24.3 Å². The fraction of sp³-hybridized carbons (Fsp3) is 0.545. The third-order valence-electron chi connectivity index (χ3n) is 3.46. The largest absolute Gasteiger partial charge is 0.383 e. The van der Waals surface area contributed by atoms with Gasteiger partial charge in [0.1, 0.15) is 18.0 Å². The molecule has 1 fully saturated rings. The van der Waals surface area contributed by atoms with Crippen LogP contribution in [-0.4, -0.2) is 29.0 Å². The van der Waals surface area contributed by atoms with Crippen molar-refractivity contribution in [2.45, 2.75) is 20.3 Å². The van der Waals surface area contributed by atoms with E-state index < -0.39 is 5.41 Å². The summed E-state index contributed by atoms with van der Waals surface area (Å²) >= 11 is 0. The van der Waals surface area contributed by atoms with Gasteiger partial charge >= 0.3 is 0 Å². The molecule has 1 aliphatic rings. The van der Waals surface area contributed by atoms with Gasteiger partial charge in [0.05, 0.1) is 5.41 Å². The normalized spacial score (nSPS) is 24.0. The van der Waals surface area contributed by atoms with E-state index in [1.54, 1.807) is 0 Å². The number of hydrogen-bond acceptors (Lipinski definition) is 5. The average molecular weight is 235 g/mol. The molecule has 6 nitrogen and oxygen atoms in total. The summed E-state index contributed by atoms with van der Waals surface area (Å²) in [7, 11) is 0. The minimum atomic E-state index is -0.480. The van der Waals surface area contributed by atoms with Gasteiger partial charge in [0.2, 0.25) is 5.91 Å². The molecule has 1 amide bonds. The Morgan fingerprint density at radius 3 is 2.82 bits per heavy atom. The van der Waals surface area contributed by atoms with E-state index in [9.17, 15) is 4.79 Å². The van der Waals surface area contributed by atoms with Gasteiger partial charge in [-0.15, -0.1) is 0 Å². The van der Waals surface area contributed by atoms with Crippen molar-refractivity contribution in [3.05, 3.63) is 11.9 Å². The van der Waals surface area contributed by atoms with Crippen LogP contribution in [0.4, 0.5) is 11.6 Å². The summed E-state index contributed by atoms with van der Waals surface area (Å²) in [6.07, 6.45) is 2.18. The standard InChI is InChI=1S/C11H17N5O/c1-7-8(12)14-6-15-9(7)16-4-3-11(2,5-16)10(13)17/h6H,3-5H2,1-2H3,(H2,13,17)(H2,12,14,15). The van der Waals surface area contributed by atoms with Crippen molar-refractivity contribution in [1.29, 1.82) is 0 Å². The first-order valence-corrected chi connectivity index (χ1v) is 5.56. The first-order chi connectivity index (χ1) is 7.94. The fourth-order valence-corrected chi connectivity index (χ4v) is 2.12. The number of hydrogen-bond donors (Lipinski definition) is 2. The minimum Gasteiger partial charge on any atom is -0.383 e. The summed E-state index contributed by atoms with van der Waals surface area (Å²) in [6, 6.07) is 0. The zero-order valence-corrected chi connectivity index (χ0v) is 10.1. The molecule has 2 heterocycles. The Hall–Kier alpha value is -1.85. The number of carbonyl (C=O) groups excluding carboxylic acids is 1. The molecule has 1 atom stereocenters. The highest BCUT2D eigenvalue weighted by atomic mass is 16.1. The molecule has 0 bridgehead atoms. The fourth-order valence-electron chi connectivity index (χ4n) is 2.12. The molecule has 92 valence electrons. The van der Waals surface area contributed by atoms with Gasteiger partial charge in [0, 0.05) is 18.7 Å². The van der Waals surface area contributed by atoms with Gasteiger partial charge in [-0.25, -0.2) is 9.97 Å². The minimum absolute atomic E-state index is 0.264. The van der Waals surface area contributed by atoms with Crippen molar-refractivity contribution in [2.24, 2.45) is 11.1 Å². The van der Waals surface area contributed by atoms with Gasteiger partial charge in [-0.3, -0.25) is 4.79 Å². The van der Waals surface area contributed by atoms with Crippen LogP contribution < -0.4 is 16.4 Å². The summed E-state index contributed by atoms with van der Waals surface area (Å²) in [6.45, 7) is 5.11. The summed E-state index contributed by atoms with van der Waals surface area (Å²) < 4.78 is 0. The van der Waals surface area contributed by atoms with Crippen LogP contribution in [0.3, 0.4) is 0 Å². The van der Waals surface area contributed by atoms with Crippen LogP contribution in [0.15, 0.2) is 6.33 Å². The molecule has 0 spiro atoms.